The van der Waals surface area contributed by atoms with E-state index >= 15 is 0 Å². The van der Waals surface area contributed by atoms with Crippen LogP contribution in [0.4, 0.5) is 13.2 Å². The highest BCUT2D eigenvalue weighted by atomic mass is 79.9. The fraction of sp³-hybridized carbons (Fsp3) is 0.400. The fourth-order valence-electron chi connectivity index (χ4n) is 1.29. The van der Waals surface area contributed by atoms with Crippen molar-refractivity contribution in [2.24, 2.45) is 5.73 Å². The number of benzene rings is 1. The van der Waals surface area contributed by atoms with Gasteiger partial charge in [0.25, 0.3) is 0 Å². The molecule has 4 nitrogen and oxygen atoms in total. The summed E-state index contributed by atoms with van der Waals surface area (Å²) in [5.41, 5.74) is 6.10. The van der Waals surface area contributed by atoms with Gasteiger partial charge in [0.2, 0.25) is 10.0 Å². The minimum atomic E-state index is -4.40. The zero-order valence-electron chi connectivity index (χ0n) is 9.67. The molecule has 0 amide bonds. The predicted molar refractivity (Wildman–Crippen MR) is 67.9 cm³/mol. The Balaban J connectivity index is 2.83. The monoisotopic (exact) mass is 360 g/mol. The van der Waals surface area contributed by atoms with Crippen LogP contribution in [0.5, 0.6) is 0 Å². The lowest BCUT2D eigenvalue weighted by Gasteiger charge is -2.10. The molecule has 0 fully saturated rings. The zero-order chi connectivity index (χ0) is 14.7. The summed E-state index contributed by atoms with van der Waals surface area (Å²) >= 11 is 3.06. The lowest BCUT2D eigenvalue weighted by molar-refractivity contribution is -0.132. The van der Waals surface area contributed by atoms with Crippen molar-refractivity contribution in [2.45, 2.75) is 24.0 Å². The van der Waals surface area contributed by atoms with E-state index < -0.39 is 29.2 Å². The first-order chi connectivity index (χ1) is 8.65. The van der Waals surface area contributed by atoms with E-state index in [2.05, 4.69) is 15.9 Å². The van der Waals surface area contributed by atoms with Crippen LogP contribution in [0.15, 0.2) is 27.6 Å². The molecule has 0 aliphatic carbocycles. The molecule has 19 heavy (non-hydrogen) atoms. The summed E-state index contributed by atoms with van der Waals surface area (Å²) in [6.45, 7) is -0.461. The number of nitrogens with one attached hydrogen (secondary N) is 1. The van der Waals surface area contributed by atoms with Crippen LogP contribution in [0.2, 0.25) is 0 Å². The SMILES string of the molecule is NCc1ccc(S(=O)(=O)NCCC(F)(F)F)c(Br)c1. The number of hydrogen-bond donors (Lipinski definition) is 2. The predicted octanol–water partition coefficient (Wildman–Crippen LogP) is 2.14. The second-order valence-corrected chi connectivity index (χ2v) is 6.32. The molecule has 0 saturated heterocycles. The quantitative estimate of drug-likeness (QED) is 0.844. The molecule has 0 bridgehead atoms. The largest absolute Gasteiger partial charge is 0.390 e. The Bertz CT molecular complexity index is 546. The Morgan fingerprint density at radius 3 is 2.42 bits per heavy atom. The summed E-state index contributed by atoms with van der Waals surface area (Å²) in [5, 5.41) is 0. The molecule has 0 unspecified atom stereocenters. The lowest BCUT2D eigenvalue weighted by Crippen LogP contribution is -2.28. The summed E-state index contributed by atoms with van der Waals surface area (Å²) in [4.78, 5) is -0.119. The molecular formula is C10H12BrF3N2O2S. The summed E-state index contributed by atoms with van der Waals surface area (Å²) in [6, 6.07) is 4.31. The van der Waals surface area contributed by atoms with Gasteiger partial charge in [-0.1, -0.05) is 6.07 Å². The summed E-state index contributed by atoms with van der Waals surface area (Å²) in [6.07, 6.45) is -5.62. The number of alkyl halides is 3. The van der Waals surface area contributed by atoms with E-state index in [1.165, 1.54) is 18.2 Å². The third-order valence-electron chi connectivity index (χ3n) is 2.22. The van der Waals surface area contributed by atoms with Crippen molar-refractivity contribution in [3.8, 4) is 0 Å². The molecule has 3 N–H and O–H groups in total. The van der Waals surface area contributed by atoms with E-state index in [0.29, 0.717) is 5.56 Å². The highest BCUT2D eigenvalue weighted by Gasteiger charge is 2.28. The number of halogens is 4. The van der Waals surface area contributed by atoms with Crippen molar-refractivity contribution in [1.29, 1.82) is 0 Å². The molecule has 0 heterocycles. The number of hydrogen-bond acceptors (Lipinski definition) is 3. The van der Waals surface area contributed by atoms with E-state index in [1.54, 1.807) is 0 Å². The second-order valence-electron chi connectivity index (χ2n) is 3.73. The molecule has 0 aromatic heterocycles. The summed E-state index contributed by atoms with van der Waals surface area (Å²) < 4.78 is 61.6. The smallest absolute Gasteiger partial charge is 0.326 e. The van der Waals surface area contributed by atoms with Crippen molar-refractivity contribution in [3.05, 3.63) is 28.2 Å². The van der Waals surface area contributed by atoms with Crippen LogP contribution >= 0.6 is 15.9 Å². The number of rotatable bonds is 5. The molecular weight excluding hydrogens is 349 g/mol. The van der Waals surface area contributed by atoms with E-state index in [0.717, 1.165) is 0 Å². The Morgan fingerprint density at radius 2 is 1.95 bits per heavy atom. The molecule has 0 aliphatic heterocycles. The molecule has 0 atom stereocenters. The van der Waals surface area contributed by atoms with Gasteiger partial charge in [0, 0.05) is 17.6 Å². The van der Waals surface area contributed by atoms with Crippen molar-refractivity contribution < 1.29 is 21.6 Å². The van der Waals surface area contributed by atoms with Gasteiger partial charge in [0.1, 0.15) is 0 Å². The first-order valence-electron chi connectivity index (χ1n) is 5.20. The average Bonchev–Trinajstić information content (AvgIpc) is 2.26. The van der Waals surface area contributed by atoms with E-state index in [9.17, 15) is 21.6 Å². The number of sulfonamides is 1. The standard InChI is InChI=1S/C10H12BrF3N2O2S/c11-8-5-7(6-15)1-2-9(8)19(17,18)16-4-3-10(12,13)14/h1-2,5,16H,3-4,6,15H2. The van der Waals surface area contributed by atoms with Crippen molar-refractivity contribution >= 4 is 26.0 Å². The topological polar surface area (TPSA) is 72.2 Å². The molecule has 1 rings (SSSR count). The highest BCUT2D eigenvalue weighted by molar-refractivity contribution is 9.10. The molecule has 1 aromatic rings. The van der Waals surface area contributed by atoms with Gasteiger partial charge in [-0.25, -0.2) is 13.1 Å². The maximum absolute atomic E-state index is 12.0. The minimum absolute atomic E-state index is 0.119. The molecule has 0 spiro atoms. The third kappa shape index (κ3) is 5.09. The number of nitrogens with two attached hydrogens (primary N) is 1. The van der Waals surface area contributed by atoms with Crippen molar-refractivity contribution in [1.82, 2.24) is 4.72 Å². The summed E-state index contributed by atoms with van der Waals surface area (Å²) in [5.74, 6) is 0. The second kappa shape index (κ2) is 6.21. The van der Waals surface area contributed by atoms with E-state index in [4.69, 9.17) is 5.73 Å². The summed E-state index contributed by atoms with van der Waals surface area (Å²) in [7, 11) is -3.98. The fourth-order valence-corrected chi connectivity index (χ4v) is 3.45. The maximum Gasteiger partial charge on any atom is 0.390 e. The maximum atomic E-state index is 12.0. The normalized spacial score (nSPS) is 12.7. The molecule has 0 aliphatic rings. The van der Waals surface area contributed by atoms with Crippen LogP contribution in [-0.4, -0.2) is 21.1 Å². The molecule has 108 valence electrons. The highest BCUT2D eigenvalue weighted by Crippen LogP contribution is 2.24. The molecule has 9 heteroatoms. The molecule has 0 radical (unpaired) electrons. The van der Waals surface area contributed by atoms with Gasteiger partial charge in [-0.2, -0.15) is 13.2 Å². The first kappa shape index (κ1) is 16.4. The Labute approximate surface area is 117 Å². The first-order valence-corrected chi connectivity index (χ1v) is 7.48. The van der Waals surface area contributed by atoms with Gasteiger partial charge >= 0.3 is 6.18 Å². The lowest BCUT2D eigenvalue weighted by atomic mass is 10.2. The van der Waals surface area contributed by atoms with Crippen molar-refractivity contribution in [2.75, 3.05) is 6.54 Å². The van der Waals surface area contributed by atoms with Crippen LogP contribution in [0.1, 0.15) is 12.0 Å². The zero-order valence-corrected chi connectivity index (χ0v) is 12.1. The van der Waals surface area contributed by atoms with Gasteiger partial charge in [-0.05, 0) is 33.6 Å². The Hall–Kier alpha value is -0.640. The van der Waals surface area contributed by atoms with Gasteiger partial charge in [0.05, 0.1) is 11.3 Å². The Morgan fingerprint density at radius 1 is 1.32 bits per heavy atom. The van der Waals surface area contributed by atoms with Gasteiger partial charge in [0.15, 0.2) is 0 Å². The average molecular weight is 361 g/mol. The van der Waals surface area contributed by atoms with Crippen LogP contribution in [-0.2, 0) is 16.6 Å². The van der Waals surface area contributed by atoms with Crippen LogP contribution in [0.25, 0.3) is 0 Å². The van der Waals surface area contributed by atoms with Gasteiger partial charge in [-0.15, -0.1) is 0 Å². The van der Waals surface area contributed by atoms with Crippen LogP contribution < -0.4 is 10.5 Å². The van der Waals surface area contributed by atoms with Crippen LogP contribution in [0.3, 0.4) is 0 Å². The molecule has 1 aromatic carbocycles. The van der Waals surface area contributed by atoms with E-state index in [1.807, 2.05) is 4.72 Å². The van der Waals surface area contributed by atoms with Crippen LogP contribution in [0, 0.1) is 0 Å². The van der Waals surface area contributed by atoms with Gasteiger partial charge < -0.3 is 5.73 Å². The minimum Gasteiger partial charge on any atom is -0.326 e. The Kier molecular flexibility index (Phi) is 5.36. The molecule has 0 saturated carbocycles. The van der Waals surface area contributed by atoms with E-state index in [-0.39, 0.29) is 15.9 Å². The van der Waals surface area contributed by atoms with Gasteiger partial charge in [-0.3, -0.25) is 0 Å². The van der Waals surface area contributed by atoms with Crippen molar-refractivity contribution in [3.63, 3.8) is 0 Å². The third-order valence-corrected chi connectivity index (χ3v) is 4.66.